The first-order chi connectivity index (χ1) is 9.24. The lowest BCUT2D eigenvalue weighted by Gasteiger charge is -2.18. The highest BCUT2D eigenvalue weighted by molar-refractivity contribution is 7.91. The lowest BCUT2D eigenvalue weighted by atomic mass is 9.92. The normalized spacial score (nSPS) is 12.1. The number of nitrogens with zero attached hydrogens (tertiary/aromatic N) is 1. The van der Waals surface area contributed by atoms with E-state index in [1.54, 1.807) is 0 Å². The minimum absolute atomic E-state index is 0.0725. The predicted molar refractivity (Wildman–Crippen MR) is 80.2 cm³/mol. The van der Waals surface area contributed by atoms with Gasteiger partial charge >= 0.3 is 0 Å². The SMILES string of the molecule is CC(C)(C)CCNCCS(=O)(=O)c1ccc(C#N)cc1. The van der Waals surface area contributed by atoms with Gasteiger partial charge in [0.15, 0.2) is 9.84 Å². The Morgan fingerprint density at radius 2 is 1.75 bits per heavy atom. The molecule has 1 rings (SSSR count). The molecule has 20 heavy (non-hydrogen) atoms. The van der Waals surface area contributed by atoms with E-state index in [1.807, 2.05) is 6.07 Å². The first kappa shape index (κ1) is 16.7. The summed E-state index contributed by atoms with van der Waals surface area (Å²) >= 11 is 0. The van der Waals surface area contributed by atoms with Gasteiger partial charge in [0.1, 0.15) is 0 Å². The Balaban J connectivity index is 2.47. The molecule has 0 aliphatic rings. The summed E-state index contributed by atoms with van der Waals surface area (Å²) in [6.45, 7) is 7.72. The zero-order valence-electron chi connectivity index (χ0n) is 12.3. The minimum atomic E-state index is -3.27. The maximum atomic E-state index is 12.1. The molecule has 110 valence electrons. The smallest absolute Gasteiger partial charge is 0.179 e. The van der Waals surface area contributed by atoms with Crippen LogP contribution in [0, 0.1) is 16.7 Å². The summed E-state index contributed by atoms with van der Waals surface area (Å²) in [6.07, 6.45) is 1.00. The van der Waals surface area contributed by atoms with Crippen LogP contribution in [0.4, 0.5) is 0 Å². The van der Waals surface area contributed by atoms with E-state index in [9.17, 15) is 8.42 Å². The van der Waals surface area contributed by atoms with Gasteiger partial charge in [0.25, 0.3) is 0 Å². The number of nitriles is 1. The van der Waals surface area contributed by atoms with Gasteiger partial charge < -0.3 is 5.32 Å². The van der Waals surface area contributed by atoms with E-state index < -0.39 is 9.84 Å². The predicted octanol–water partition coefficient (Wildman–Crippen LogP) is 2.36. The van der Waals surface area contributed by atoms with Crippen LogP contribution in [0.2, 0.25) is 0 Å². The molecule has 0 heterocycles. The molecule has 1 aromatic rings. The molecule has 0 amide bonds. The first-order valence-electron chi connectivity index (χ1n) is 6.68. The zero-order valence-corrected chi connectivity index (χ0v) is 13.1. The Bertz CT molecular complexity index is 563. The highest BCUT2D eigenvalue weighted by Gasteiger charge is 2.14. The molecular formula is C15H22N2O2S. The van der Waals surface area contributed by atoms with Gasteiger partial charge in [-0.15, -0.1) is 0 Å². The van der Waals surface area contributed by atoms with Crippen LogP contribution < -0.4 is 5.32 Å². The van der Waals surface area contributed by atoms with E-state index in [0.29, 0.717) is 12.1 Å². The average molecular weight is 294 g/mol. The third-order valence-corrected chi connectivity index (χ3v) is 4.67. The molecule has 0 aromatic heterocycles. The first-order valence-corrected chi connectivity index (χ1v) is 8.33. The fourth-order valence-electron chi connectivity index (χ4n) is 1.65. The van der Waals surface area contributed by atoms with E-state index in [2.05, 4.69) is 26.1 Å². The topological polar surface area (TPSA) is 70.0 Å². The molecule has 1 N–H and O–H groups in total. The molecule has 0 saturated heterocycles. The Morgan fingerprint density at radius 1 is 1.15 bits per heavy atom. The zero-order chi connectivity index (χ0) is 15.2. The highest BCUT2D eigenvalue weighted by atomic mass is 32.2. The molecule has 0 fully saturated rings. The molecule has 0 saturated carbocycles. The molecule has 5 heteroatoms. The number of benzene rings is 1. The molecule has 0 atom stereocenters. The van der Waals surface area contributed by atoms with Crippen LogP contribution in [0.1, 0.15) is 32.8 Å². The quantitative estimate of drug-likeness (QED) is 0.818. The third-order valence-electron chi connectivity index (χ3n) is 2.94. The van der Waals surface area contributed by atoms with Crippen LogP contribution >= 0.6 is 0 Å². The van der Waals surface area contributed by atoms with Crippen molar-refractivity contribution in [2.45, 2.75) is 32.1 Å². The number of nitrogens with one attached hydrogen (secondary N) is 1. The second kappa shape index (κ2) is 6.87. The van der Waals surface area contributed by atoms with Crippen molar-refractivity contribution < 1.29 is 8.42 Å². The molecular weight excluding hydrogens is 272 g/mol. The van der Waals surface area contributed by atoms with Crippen LogP contribution in [0.25, 0.3) is 0 Å². The molecule has 0 radical (unpaired) electrons. The van der Waals surface area contributed by atoms with Gasteiger partial charge in [-0.05, 0) is 42.6 Å². The molecule has 4 nitrogen and oxygen atoms in total. The van der Waals surface area contributed by atoms with Gasteiger partial charge in [0, 0.05) is 6.54 Å². The van der Waals surface area contributed by atoms with Gasteiger partial charge in [0.05, 0.1) is 22.3 Å². The molecule has 0 aliphatic heterocycles. The third kappa shape index (κ3) is 5.72. The number of hydrogen-bond acceptors (Lipinski definition) is 4. The fraction of sp³-hybridized carbons (Fsp3) is 0.533. The van der Waals surface area contributed by atoms with E-state index in [1.165, 1.54) is 24.3 Å². The standard InChI is InChI=1S/C15H22N2O2S/c1-15(2,3)8-9-17-10-11-20(18,19)14-6-4-13(12-16)5-7-14/h4-7,17H,8-11H2,1-3H3. The second-order valence-corrected chi connectivity index (χ2v) is 8.12. The van der Waals surface area contributed by atoms with Crippen LogP contribution in [0.3, 0.4) is 0 Å². The summed E-state index contributed by atoms with van der Waals surface area (Å²) in [5.74, 6) is 0.0725. The Kier molecular flexibility index (Phi) is 5.73. The van der Waals surface area contributed by atoms with Crippen LogP contribution in [0.5, 0.6) is 0 Å². The Labute approximate surface area is 121 Å². The lowest BCUT2D eigenvalue weighted by molar-refractivity contribution is 0.369. The van der Waals surface area contributed by atoms with Crippen molar-refractivity contribution in [3.05, 3.63) is 29.8 Å². The number of hydrogen-bond donors (Lipinski definition) is 1. The monoisotopic (exact) mass is 294 g/mol. The van der Waals surface area contributed by atoms with Crippen molar-refractivity contribution in [1.82, 2.24) is 5.32 Å². The van der Waals surface area contributed by atoms with Gasteiger partial charge in [-0.3, -0.25) is 0 Å². The van der Waals surface area contributed by atoms with Gasteiger partial charge in [-0.2, -0.15) is 5.26 Å². The van der Waals surface area contributed by atoms with Crippen LogP contribution in [-0.2, 0) is 9.84 Å². The van der Waals surface area contributed by atoms with E-state index in [0.717, 1.165) is 13.0 Å². The van der Waals surface area contributed by atoms with Crippen LogP contribution in [-0.4, -0.2) is 27.3 Å². The van der Waals surface area contributed by atoms with Crippen molar-refractivity contribution >= 4 is 9.84 Å². The van der Waals surface area contributed by atoms with E-state index in [-0.39, 0.29) is 16.1 Å². The van der Waals surface area contributed by atoms with Gasteiger partial charge in [-0.1, -0.05) is 20.8 Å². The molecule has 0 spiro atoms. The summed E-state index contributed by atoms with van der Waals surface area (Å²) in [6, 6.07) is 8.01. The van der Waals surface area contributed by atoms with Gasteiger partial charge in [0.2, 0.25) is 0 Å². The number of sulfone groups is 1. The largest absolute Gasteiger partial charge is 0.316 e. The second-order valence-electron chi connectivity index (χ2n) is 6.02. The summed E-state index contributed by atoms with van der Waals surface area (Å²) in [5, 5.41) is 11.8. The summed E-state index contributed by atoms with van der Waals surface area (Å²) in [7, 11) is -3.27. The molecule has 0 unspecified atom stereocenters. The molecule has 1 aromatic carbocycles. The fourth-order valence-corrected chi connectivity index (χ4v) is 2.85. The van der Waals surface area contributed by atoms with Crippen LogP contribution in [0.15, 0.2) is 29.2 Å². The summed E-state index contributed by atoms with van der Waals surface area (Å²) < 4.78 is 24.1. The van der Waals surface area contributed by atoms with Crippen molar-refractivity contribution in [2.75, 3.05) is 18.8 Å². The van der Waals surface area contributed by atoms with Gasteiger partial charge in [-0.25, -0.2) is 8.42 Å². The van der Waals surface area contributed by atoms with E-state index in [4.69, 9.17) is 5.26 Å². The summed E-state index contributed by atoms with van der Waals surface area (Å²) in [5.41, 5.74) is 0.714. The van der Waals surface area contributed by atoms with Crippen molar-refractivity contribution in [3.63, 3.8) is 0 Å². The maximum Gasteiger partial charge on any atom is 0.179 e. The minimum Gasteiger partial charge on any atom is -0.316 e. The Morgan fingerprint density at radius 3 is 2.25 bits per heavy atom. The highest BCUT2D eigenvalue weighted by Crippen LogP contribution is 2.17. The number of rotatable bonds is 6. The van der Waals surface area contributed by atoms with Crippen molar-refractivity contribution in [3.8, 4) is 6.07 Å². The average Bonchev–Trinajstić information content (AvgIpc) is 2.37. The van der Waals surface area contributed by atoms with Crippen molar-refractivity contribution in [2.24, 2.45) is 5.41 Å². The molecule has 0 bridgehead atoms. The lowest BCUT2D eigenvalue weighted by Crippen LogP contribution is -2.26. The maximum absolute atomic E-state index is 12.1. The van der Waals surface area contributed by atoms with Crippen molar-refractivity contribution in [1.29, 1.82) is 5.26 Å². The van der Waals surface area contributed by atoms with E-state index >= 15 is 0 Å². The summed E-state index contributed by atoms with van der Waals surface area (Å²) in [4.78, 5) is 0.272. The Hall–Kier alpha value is -1.38. The molecule has 0 aliphatic carbocycles.